The molecule has 0 saturated heterocycles. The minimum atomic E-state index is 0.655. The largest absolute Gasteiger partial charge is 0.310 e. The molecule has 0 aliphatic carbocycles. The van der Waals surface area contributed by atoms with Crippen LogP contribution in [-0.2, 0) is 13.1 Å². The highest BCUT2D eigenvalue weighted by atomic mass is 15.5. The maximum Gasteiger partial charge on any atom is 0.165 e. The fraction of sp³-hybridized carbons (Fsp3) is 0.938. The number of unbranched alkanes of at least 4 members (excludes halogenated alkanes) is 7. The van der Waals surface area contributed by atoms with Crippen LogP contribution in [0.4, 0.5) is 0 Å². The van der Waals surface area contributed by atoms with E-state index < -0.39 is 0 Å². The molecule has 0 aliphatic heterocycles. The predicted octanol–water partition coefficient (Wildman–Crippen LogP) is 3.56. The molecule has 0 spiro atoms. The molecular formula is C16H33N5. The highest BCUT2D eigenvalue weighted by molar-refractivity contribution is 4.79. The van der Waals surface area contributed by atoms with Crippen LogP contribution in [0.25, 0.3) is 0 Å². The van der Waals surface area contributed by atoms with Gasteiger partial charge in [-0.3, -0.25) is 0 Å². The first-order valence-electron chi connectivity index (χ1n) is 8.69. The van der Waals surface area contributed by atoms with E-state index in [1.165, 1.54) is 51.4 Å². The zero-order valence-corrected chi connectivity index (χ0v) is 14.1. The predicted molar refractivity (Wildman–Crippen MR) is 87.0 cm³/mol. The zero-order chi connectivity index (χ0) is 15.3. The van der Waals surface area contributed by atoms with Gasteiger partial charge in [0.1, 0.15) is 0 Å². The zero-order valence-electron chi connectivity index (χ0n) is 14.1. The van der Waals surface area contributed by atoms with E-state index in [0.29, 0.717) is 5.92 Å². The highest BCUT2D eigenvalue weighted by Crippen LogP contribution is 2.09. The Balaban J connectivity index is 2.08. The van der Waals surface area contributed by atoms with Crippen LogP contribution in [-0.4, -0.2) is 26.8 Å². The normalized spacial score (nSPS) is 11.4. The first-order valence-corrected chi connectivity index (χ1v) is 8.69. The van der Waals surface area contributed by atoms with E-state index in [1.54, 1.807) is 0 Å². The van der Waals surface area contributed by atoms with E-state index in [2.05, 4.69) is 41.6 Å². The molecule has 0 fully saturated rings. The summed E-state index contributed by atoms with van der Waals surface area (Å²) in [5, 5.41) is 15.4. The minimum Gasteiger partial charge on any atom is -0.310 e. The third-order valence-corrected chi connectivity index (χ3v) is 3.67. The Morgan fingerprint density at radius 3 is 2.33 bits per heavy atom. The smallest absolute Gasteiger partial charge is 0.165 e. The minimum absolute atomic E-state index is 0.655. The Labute approximate surface area is 129 Å². The van der Waals surface area contributed by atoms with Gasteiger partial charge in [0.2, 0.25) is 0 Å². The number of aryl methyl sites for hydroxylation is 1. The van der Waals surface area contributed by atoms with Gasteiger partial charge in [0.15, 0.2) is 5.82 Å². The van der Waals surface area contributed by atoms with Gasteiger partial charge >= 0.3 is 0 Å². The molecule has 5 heteroatoms. The lowest BCUT2D eigenvalue weighted by molar-refractivity contribution is 0.480. The molecule has 5 nitrogen and oxygen atoms in total. The lowest BCUT2D eigenvalue weighted by Gasteiger charge is -2.08. The second-order valence-corrected chi connectivity index (χ2v) is 6.32. The topological polar surface area (TPSA) is 55.6 Å². The van der Waals surface area contributed by atoms with Crippen molar-refractivity contribution in [2.45, 2.75) is 85.2 Å². The summed E-state index contributed by atoms with van der Waals surface area (Å²) >= 11 is 0. The quantitative estimate of drug-likeness (QED) is 0.565. The molecule has 0 aliphatic rings. The van der Waals surface area contributed by atoms with Crippen LogP contribution in [0.3, 0.4) is 0 Å². The summed E-state index contributed by atoms with van der Waals surface area (Å²) in [6.45, 7) is 9.39. The van der Waals surface area contributed by atoms with Gasteiger partial charge in [-0.2, -0.15) is 0 Å². The van der Waals surface area contributed by atoms with Crippen LogP contribution >= 0.6 is 0 Å². The average molecular weight is 295 g/mol. The fourth-order valence-corrected chi connectivity index (χ4v) is 2.39. The molecule has 0 amide bonds. The molecular weight excluding hydrogens is 262 g/mol. The fourth-order valence-electron chi connectivity index (χ4n) is 2.39. The average Bonchev–Trinajstić information content (AvgIpc) is 2.89. The number of nitrogens with zero attached hydrogens (tertiary/aromatic N) is 4. The number of nitrogens with one attached hydrogen (secondary N) is 1. The Bertz CT molecular complexity index is 348. The highest BCUT2D eigenvalue weighted by Gasteiger charge is 2.05. The van der Waals surface area contributed by atoms with Gasteiger partial charge < -0.3 is 5.32 Å². The molecule has 0 aromatic carbocycles. The van der Waals surface area contributed by atoms with Crippen molar-refractivity contribution >= 4 is 0 Å². The van der Waals surface area contributed by atoms with Crippen molar-refractivity contribution in [3.05, 3.63) is 5.82 Å². The first-order chi connectivity index (χ1) is 10.2. The molecule has 0 atom stereocenters. The van der Waals surface area contributed by atoms with Crippen LogP contribution in [0, 0.1) is 5.92 Å². The maximum absolute atomic E-state index is 4.10. The molecule has 1 rings (SSSR count). The number of tetrazole rings is 1. The summed E-state index contributed by atoms with van der Waals surface area (Å²) < 4.78 is 1.95. The van der Waals surface area contributed by atoms with Crippen LogP contribution in [0.2, 0.25) is 0 Å². The van der Waals surface area contributed by atoms with Gasteiger partial charge in [0, 0.05) is 6.54 Å². The molecule has 1 aromatic heterocycles. The van der Waals surface area contributed by atoms with Gasteiger partial charge in [-0.15, -0.1) is 5.10 Å². The van der Waals surface area contributed by atoms with Crippen LogP contribution in [0.15, 0.2) is 0 Å². The van der Waals surface area contributed by atoms with Crippen molar-refractivity contribution in [2.24, 2.45) is 5.92 Å². The third-order valence-electron chi connectivity index (χ3n) is 3.67. The number of hydrogen-bond donors (Lipinski definition) is 1. The van der Waals surface area contributed by atoms with Gasteiger partial charge in [-0.25, -0.2) is 4.68 Å². The Hall–Kier alpha value is -0.970. The lowest BCUT2D eigenvalue weighted by Crippen LogP contribution is -2.21. The van der Waals surface area contributed by atoms with E-state index in [0.717, 1.165) is 25.5 Å². The molecule has 0 bridgehead atoms. The summed E-state index contributed by atoms with van der Waals surface area (Å²) in [6.07, 6.45) is 10.7. The summed E-state index contributed by atoms with van der Waals surface area (Å²) in [5.74, 6) is 1.61. The number of rotatable bonds is 13. The summed E-state index contributed by atoms with van der Waals surface area (Å²) in [4.78, 5) is 0. The maximum atomic E-state index is 4.10. The van der Waals surface area contributed by atoms with E-state index in [4.69, 9.17) is 0 Å². The summed E-state index contributed by atoms with van der Waals surface area (Å²) in [6, 6.07) is 0. The number of aromatic nitrogens is 4. The van der Waals surface area contributed by atoms with Crippen molar-refractivity contribution in [1.82, 2.24) is 25.5 Å². The van der Waals surface area contributed by atoms with Crippen molar-refractivity contribution < 1.29 is 0 Å². The molecule has 1 N–H and O–H groups in total. The lowest BCUT2D eigenvalue weighted by atomic mass is 10.1. The molecule has 1 aromatic rings. The molecule has 1 heterocycles. The summed E-state index contributed by atoms with van der Waals surface area (Å²) in [5.41, 5.74) is 0. The van der Waals surface area contributed by atoms with Crippen LogP contribution in [0.5, 0.6) is 0 Å². The van der Waals surface area contributed by atoms with E-state index in [-0.39, 0.29) is 0 Å². The molecule has 0 unspecified atom stereocenters. The van der Waals surface area contributed by atoms with Crippen molar-refractivity contribution in [3.8, 4) is 0 Å². The van der Waals surface area contributed by atoms with Crippen LogP contribution in [0.1, 0.15) is 78.0 Å². The van der Waals surface area contributed by atoms with E-state index in [1.807, 2.05) is 4.68 Å². The van der Waals surface area contributed by atoms with Gasteiger partial charge in [-0.1, -0.05) is 65.7 Å². The van der Waals surface area contributed by atoms with E-state index in [9.17, 15) is 0 Å². The SMILES string of the molecule is CCCCCCCCCCn1nnnc1CNCC(C)C. The summed E-state index contributed by atoms with van der Waals surface area (Å²) in [7, 11) is 0. The molecule has 122 valence electrons. The van der Waals surface area contributed by atoms with Crippen molar-refractivity contribution in [2.75, 3.05) is 6.54 Å². The molecule has 21 heavy (non-hydrogen) atoms. The standard InChI is InChI=1S/C16H33N5/c1-4-5-6-7-8-9-10-11-12-21-16(18-19-20-21)14-17-13-15(2)3/h15,17H,4-14H2,1-3H3. The number of hydrogen-bond acceptors (Lipinski definition) is 4. The van der Waals surface area contributed by atoms with Gasteiger partial charge in [-0.05, 0) is 29.3 Å². The second kappa shape index (κ2) is 11.7. The Morgan fingerprint density at radius 1 is 1.00 bits per heavy atom. The second-order valence-electron chi connectivity index (χ2n) is 6.32. The van der Waals surface area contributed by atoms with Gasteiger partial charge in [0.25, 0.3) is 0 Å². The Morgan fingerprint density at radius 2 is 1.67 bits per heavy atom. The monoisotopic (exact) mass is 295 g/mol. The Kier molecular flexibility index (Phi) is 10.0. The van der Waals surface area contributed by atoms with Crippen LogP contribution < -0.4 is 5.32 Å². The van der Waals surface area contributed by atoms with E-state index >= 15 is 0 Å². The third kappa shape index (κ3) is 8.81. The van der Waals surface area contributed by atoms with Crippen molar-refractivity contribution in [3.63, 3.8) is 0 Å². The van der Waals surface area contributed by atoms with Crippen molar-refractivity contribution in [1.29, 1.82) is 0 Å². The first kappa shape index (κ1) is 18.1. The molecule has 0 radical (unpaired) electrons. The molecule has 0 saturated carbocycles. The van der Waals surface area contributed by atoms with Gasteiger partial charge in [0.05, 0.1) is 6.54 Å².